The van der Waals surface area contributed by atoms with Crippen molar-refractivity contribution in [3.8, 4) is 0 Å². The molecular formula is C12H20ClNO4S. The fourth-order valence-electron chi connectivity index (χ4n) is 1.89. The number of alkyl carbamates (subject to hydrolysis) is 1. The molecule has 0 radical (unpaired) electrons. The number of esters is 1. The summed E-state index contributed by atoms with van der Waals surface area (Å²) in [7, 11) is 0. The Labute approximate surface area is 122 Å². The maximum Gasteiger partial charge on any atom is 0.408 e. The molecule has 0 bridgehead atoms. The average Bonchev–Trinajstić information content (AvgIpc) is 2.58. The molecule has 1 heterocycles. The number of nitrogens with one attached hydrogen (secondary N) is 1. The predicted octanol–water partition coefficient (Wildman–Crippen LogP) is 2.51. The molecule has 1 N–H and O–H groups in total. The molecule has 7 heteroatoms. The highest BCUT2D eigenvalue weighted by molar-refractivity contribution is 8.00. The summed E-state index contributed by atoms with van der Waals surface area (Å²) in [6, 6.07) is -0.228. The summed E-state index contributed by atoms with van der Waals surface area (Å²) in [6.07, 6.45) is -0.110. The maximum absolute atomic E-state index is 12.1. The van der Waals surface area contributed by atoms with Gasteiger partial charge >= 0.3 is 12.1 Å². The van der Waals surface area contributed by atoms with Gasteiger partial charge < -0.3 is 14.8 Å². The maximum atomic E-state index is 12.1. The second-order valence-corrected chi connectivity index (χ2v) is 7.07. The lowest BCUT2D eigenvalue weighted by Gasteiger charge is -2.32. The van der Waals surface area contributed by atoms with E-state index in [1.54, 1.807) is 32.5 Å². The van der Waals surface area contributed by atoms with Crippen LogP contribution < -0.4 is 5.32 Å². The first kappa shape index (κ1) is 16.4. The van der Waals surface area contributed by atoms with Crippen LogP contribution in [0, 0.1) is 0 Å². The molecular weight excluding hydrogens is 290 g/mol. The van der Waals surface area contributed by atoms with E-state index in [0.717, 1.165) is 5.75 Å². The van der Waals surface area contributed by atoms with Gasteiger partial charge in [-0.1, -0.05) is 18.5 Å². The Bertz CT molecular complexity index is 358. The summed E-state index contributed by atoms with van der Waals surface area (Å²) in [5, 5.41) is 2.58. The third-order valence-corrected chi connectivity index (χ3v) is 4.28. The van der Waals surface area contributed by atoms with Gasteiger partial charge in [-0.3, -0.25) is 0 Å². The number of thioether (sulfide) groups is 1. The molecule has 1 saturated heterocycles. The first-order valence-electron chi connectivity index (χ1n) is 6.07. The van der Waals surface area contributed by atoms with Crippen molar-refractivity contribution in [2.75, 3.05) is 11.8 Å². The molecule has 1 aliphatic rings. The lowest BCUT2D eigenvalue weighted by Crippen LogP contribution is -2.59. The van der Waals surface area contributed by atoms with Gasteiger partial charge in [-0.25, -0.2) is 9.59 Å². The number of alkyl halides is 1. The highest BCUT2D eigenvalue weighted by atomic mass is 35.5. The molecule has 1 aliphatic heterocycles. The van der Waals surface area contributed by atoms with E-state index in [4.69, 9.17) is 21.1 Å². The number of carbonyl (C=O) groups is 2. The van der Waals surface area contributed by atoms with Crippen LogP contribution in [0.15, 0.2) is 0 Å². The van der Waals surface area contributed by atoms with Crippen LogP contribution in [0.2, 0.25) is 0 Å². The highest BCUT2D eigenvalue weighted by Crippen LogP contribution is 2.37. The van der Waals surface area contributed by atoms with Gasteiger partial charge in [0.05, 0.1) is 0 Å². The van der Waals surface area contributed by atoms with Crippen molar-refractivity contribution < 1.29 is 19.1 Å². The number of hydrogen-bond donors (Lipinski definition) is 1. The van der Waals surface area contributed by atoms with Gasteiger partial charge in [0, 0.05) is 5.25 Å². The molecule has 0 aromatic carbocycles. The van der Waals surface area contributed by atoms with Gasteiger partial charge in [0.15, 0.2) is 11.6 Å². The number of carbonyl (C=O) groups excluding carboxylic acids is 2. The van der Waals surface area contributed by atoms with Crippen LogP contribution in [-0.2, 0) is 14.3 Å². The Kier molecular flexibility index (Phi) is 5.38. The SMILES string of the molecule is CC1SCCC1(NC(=O)OC(C)(C)C)C(=O)OCCl. The standard InChI is InChI=1S/C12H20ClNO4S/c1-8-12(5-6-19-8,9(15)17-7-13)14-10(16)18-11(2,3)4/h8H,5-7H2,1-4H3,(H,14,16). The van der Waals surface area contributed by atoms with Gasteiger partial charge in [0.2, 0.25) is 0 Å². The molecule has 110 valence electrons. The van der Waals surface area contributed by atoms with Crippen LogP contribution in [0.4, 0.5) is 4.79 Å². The van der Waals surface area contributed by atoms with Crippen LogP contribution in [0.5, 0.6) is 0 Å². The molecule has 0 aromatic heterocycles. The van der Waals surface area contributed by atoms with E-state index in [0.29, 0.717) is 6.42 Å². The Balaban J connectivity index is 2.82. The fourth-order valence-corrected chi connectivity index (χ4v) is 3.34. The van der Waals surface area contributed by atoms with Crippen molar-refractivity contribution in [2.45, 2.75) is 50.5 Å². The zero-order valence-electron chi connectivity index (χ0n) is 11.6. The van der Waals surface area contributed by atoms with E-state index < -0.39 is 23.2 Å². The number of halogens is 1. The summed E-state index contributed by atoms with van der Waals surface area (Å²) in [6.45, 7) is 7.18. The van der Waals surface area contributed by atoms with E-state index in [1.807, 2.05) is 6.92 Å². The normalized spacial score (nSPS) is 26.9. The minimum absolute atomic E-state index is 0.0873. The number of amides is 1. The summed E-state index contributed by atoms with van der Waals surface area (Å²) in [4.78, 5) is 24.0. The molecule has 0 aromatic rings. The van der Waals surface area contributed by atoms with Gasteiger partial charge in [-0.15, -0.1) is 0 Å². The van der Waals surface area contributed by atoms with Crippen molar-refractivity contribution in [1.82, 2.24) is 5.32 Å². The number of ether oxygens (including phenoxy) is 2. The average molecular weight is 310 g/mol. The predicted molar refractivity (Wildman–Crippen MR) is 75.4 cm³/mol. The quantitative estimate of drug-likeness (QED) is 0.641. The largest absolute Gasteiger partial charge is 0.448 e. The van der Waals surface area contributed by atoms with Gasteiger partial charge in [-0.05, 0) is 32.9 Å². The van der Waals surface area contributed by atoms with Crippen molar-refractivity contribution in [3.05, 3.63) is 0 Å². The van der Waals surface area contributed by atoms with Gasteiger partial charge in [0.1, 0.15) is 5.60 Å². The molecule has 0 spiro atoms. The van der Waals surface area contributed by atoms with Crippen molar-refractivity contribution in [1.29, 1.82) is 0 Å². The molecule has 19 heavy (non-hydrogen) atoms. The molecule has 2 atom stereocenters. The van der Waals surface area contributed by atoms with E-state index in [2.05, 4.69) is 5.32 Å². The minimum Gasteiger partial charge on any atom is -0.448 e. The van der Waals surface area contributed by atoms with E-state index in [-0.39, 0.29) is 11.3 Å². The van der Waals surface area contributed by atoms with Gasteiger partial charge in [0.25, 0.3) is 0 Å². The molecule has 1 amide bonds. The number of rotatable bonds is 3. The lowest BCUT2D eigenvalue weighted by atomic mass is 9.93. The van der Waals surface area contributed by atoms with Crippen LogP contribution in [-0.4, -0.2) is 40.3 Å². The smallest absolute Gasteiger partial charge is 0.408 e. The Morgan fingerprint density at radius 1 is 1.47 bits per heavy atom. The second kappa shape index (κ2) is 6.22. The second-order valence-electron chi connectivity index (χ2n) is 5.40. The summed E-state index contributed by atoms with van der Waals surface area (Å²) in [5.74, 6) is 0.264. The third-order valence-electron chi connectivity index (χ3n) is 2.83. The summed E-state index contributed by atoms with van der Waals surface area (Å²) in [5.41, 5.74) is -1.67. The Hall–Kier alpha value is -0.620. The minimum atomic E-state index is -1.05. The monoisotopic (exact) mass is 309 g/mol. The summed E-state index contributed by atoms with van der Waals surface area (Å²) >= 11 is 7.04. The van der Waals surface area contributed by atoms with Crippen molar-refractivity contribution in [3.63, 3.8) is 0 Å². The first-order valence-corrected chi connectivity index (χ1v) is 7.65. The van der Waals surface area contributed by atoms with Crippen LogP contribution in [0.1, 0.15) is 34.1 Å². The van der Waals surface area contributed by atoms with Crippen molar-refractivity contribution >= 4 is 35.4 Å². The van der Waals surface area contributed by atoms with Gasteiger partial charge in [-0.2, -0.15) is 11.8 Å². The molecule has 2 unspecified atom stereocenters. The van der Waals surface area contributed by atoms with Crippen molar-refractivity contribution in [2.24, 2.45) is 0 Å². The molecule has 0 aliphatic carbocycles. The Morgan fingerprint density at radius 3 is 2.53 bits per heavy atom. The van der Waals surface area contributed by atoms with Crippen LogP contribution >= 0.6 is 23.4 Å². The molecule has 0 saturated carbocycles. The Morgan fingerprint density at radius 2 is 2.11 bits per heavy atom. The molecule has 1 fully saturated rings. The fraction of sp³-hybridized carbons (Fsp3) is 0.833. The zero-order chi connectivity index (χ0) is 14.7. The van der Waals surface area contributed by atoms with Crippen LogP contribution in [0.25, 0.3) is 0 Å². The molecule has 1 rings (SSSR count). The zero-order valence-corrected chi connectivity index (χ0v) is 13.2. The topological polar surface area (TPSA) is 64.6 Å². The van der Waals surface area contributed by atoms with Crippen LogP contribution in [0.3, 0.4) is 0 Å². The highest BCUT2D eigenvalue weighted by Gasteiger charge is 2.50. The van der Waals surface area contributed by atoms with E-state index in [9.17, 15) is 9.59 Å². The summed E-state index contributed by atoms with van der Waals surface area (Å²) < 4.78 is 10.1. The number of hydrogen-bond acceptors (Lipinski definition) is 5. The first-order chi connectivity index (χ1) is 8.71. The lowest BCUT2D eigenvalue weighted by molar-refractivity contribution is -0.149. The van der Waals surface area contributed by atoms with E-state index >= 15 is 0 Å². The third kappa shape index (κ3) is 4.18. The molecule has 5 nitrogen and oxygen atoms in total. The van der Waals surface area contributed by atoms with E-state index in [1.165, 1.54) is 0 Å².